The van der Waals surface area contributed by atoms with Crippen molar-refractivity contribution in [1.29, 1.82) is 0 Å². The smallest absolute Gasteiger partial charge is 0.0384 e. The standard InChI is InChI=1S/C22H23N/c1-3-17(2)18-9-11-19(12-10-18)20-13-15-22(16-14-20)23-21-7-5-4-6-8-21/h4-17,23H,3H2,1-2H3. The molecule has 0 aliphatic carbocycles. The molecule has 0 saturated carbocycles. The monoisotopic (exact) mass is 301 g/mol. The van der Waals surface area contributed by atoms with Crippen LogP contribution in [0.4, 0.5) is 11.4 Å². The van der Waals surface area contributed by atoms with Gasteiger partial charge in [-0.15, -0.1) is 0 Å². The summed E-state index contributed by atoms with van der Waals surface area (Å²) in [6, 6.07) is 27.8. The highest BCUT2D eigenvalue weighted by Crippen LogP contribution is 2.26. The van der Waals surface area contributed by atoms with E-state index in [2.05, 4.69) is 79.8 Å². The third kappa shape index (κ3) is 3.81. The molecule has 0 spiro atoms. The fourth-order valence-corrected chi connectivity index (χ4v) is 2.67. The quantitative estimate of drug-likeness (QED) is 0.559. The molecule has 0 radical (unpaired) electrons. The number of benzene rings is 3. The Morgan fingerprint density at radius 3 is 1.78 bits per heavy atom. The molecule has 1 nitrogen and oxygen atoms in total. The molecule has 0 heterocycles. The number of para-hydroxylation sites is 1. The van der Waals surface area contributed by atoms with Crippen LogP contribution in [0.25, 0.3) is 11.1 Å². The van der Waals surface area contributed by atoms with E-state index < -0.39 is 0 Å². The first-order valence-corrected chi connectivity index (χ1v) is 8.28. The van der Waals surface area contributed by atoms with Crippen LogP contribution >= 0.6 is 0 Å². The normalized spacial score (nSPS) is 11.9. The van der Waals surface area contributed by atoms with E-state index in [-0.39, 0.29) is 0 Å². The van der Waals surface area contributed by atoms with Crippen LogP contribution in [-0.2, 0) is 0 Å². The molecule has 1 N–H and O–H groups in total. The van der Waals surface area contributed by atoms with Crippen LogP contribution in [0, 0.1) is 0 Å². The summed E-state index contributed by atoms with van der Waals surface area (Å²) >= 11 is 0. The van der Waals surface area contributed by atoms with Crippen molar-refractivity contribution in [1.82, 2.24) is 0 Å². The van der Waals surface area contributed by atoms with Crippen LogP contribution in [0.5, 0.6) is 0 Å². The number of nitrogens with one attached hydrogen (secondary N) is 1. The molecule has 3 aromatic rings. The molecule has 0 fully saturated rings. The van der Waals surface area contributed by atoms with Crippen LogP contribution in [-0.4, -0.2) is 0 Å². The van der Waals surface area contributed by atoms with Gasteiger partial charge in [-0.3, -0.25) is 0 Å². The van der Waals surface area contributed by atoms with E-state index in [1.165, 1.54) is 23.1 Å². The van der Waals surface area contributed by atoms with Gasteiger partial charge >= 0.3 is 0 Å². The Hall–Kier alpha value is -2.54. The van der Waals surface area contributed by atoms with E-state index in [0.717, 1.165) is 11.4 Å². The first-order valence-electron chi connectivity index (χ1n) is 8.28. The molecule has 0 amide bonds. The molecule has 1 atom stereocenters. The zero-order valence-corrected chi connectivity index (χ0v) is 13.8. The van der Waals surface area contributed by atoms with Gasteiger partial charge in [0.25, 0.3) is 0 Å². The maximum atomic E-state index is 3.41. The molecule has 23 heavy (non-hydrogen) atoms. The van der Waals surface area contributed by atoms with Gasteiger partial charge < -0.3 is 5.32 Å². The molecule has 0 aromatic heterocycles. The Kier molecular flexibility index (Phi) is 4.77. The zero-order chi connectivity index (χ0) is 16.1. The van der Waals surface area contributed by atoms with Crippen LogP contribution < -0.4 is 5.32 Å². The summed E-state index contributed by atoms with van der Waals surface area (Å²) in [5.41, 5.74) is 6.15. The summed E-state index contributed by atoms with van der Waals surface area (Å²) in [5.74, 6) is 0.626. The average Bonchev–Trinajstić information content (AvgIpc) is 2.63. The lowest BCUT2D eigenvalue weighted by Crippen LogP contribution is -1.91. The SMILES string of the molecule is CCC(C)c1ccc(-c2ccc(Nc3ccccc3)cc2)cc1. The number of anilines is 2. The fraction of sp³-hybridized carbons (Fsp3) is 0.182. The van der Waals surface area contributed by atoms with Gasteiger partial charge in [0.15, 0.2) is 0 Å². The zero-order valence-electron chi connectivity index (χ0n) is 13.8. The summed E-state index contributed by atoms with van der Waals surface area (Å²) in [6.45, 7) is 4.51. The van der Waals surface area contributed by atoms with Crippen molar-refractivity contribution in [2.75, 3.05) is 5.32 Å². The largest absolute Gasteiger partial charge is 0.356 e. The van der Waals surface area contributed by atoms with Crippen molar-refractivity contribution in [2.45, 2.75) is 26.2 Å². The summed E-state index contributed by atoms with van der Waals surface area (Å²) < 4.78 is 0. The third-order valence-corrected chi connectivity index (χ3v) is 4.37. The van der Waals surface area contributed by atoms with Crippen molar-refractivity contribution < 1.29 is 0 Å². The molecule has 0 aliphatic heterocycles. The minimum Gasteiger partial charge on any atom is -0.356 e. The van der Waals surface area contributed by atoms with E-state index in [1.54, 1.807) is 0 Å². The molecule has 3 aromatic carbocycles. The van der Waals surface area contributed by atoms with Crippen LogP contribution in [0.1, 0.15) is 31.7 Å². The van der Waals surface area contributed by atoms with Crippen LogP contribution in [0.2, 0.25) is 0 Å². The maximum Gasteiger partial charge on any atom is 0.0384 e. The van der Waals surface area contributed by atoms with Gasteiger partial charge in [-0.1, -0.05) is 68.4 Å². The molecule has 0 bridgehead atoms. The van der Waals surface area contributed by atoms with E-state index in [1.807, 2.05) is 18.2 Å². The van der Waals surface area contributed by atoms with Gasteiger partial charge in [0.1, 0.15) is 0 Å². The molecular weight excluding hydrogens is 278 g/mol. The Balaban J connectivity index is 1.74. The van der Waals surface area contributed by atoms with E-state index in [4.69, 9.17) is 0 Å². The van der Waals surface area contributed by atoms with E-state index >= 15 is 0 Å². The van der Waals surface area contributed by atoms with Crippen LogP contribution in [0.3, 0.4) is 0 Å². The Morgan fingerprint density at radius 2 is 1.22 bits per heavy atom. The molecule has 1 heteroatoms. The molecule has 116 valence electrons. The molecule has 0 saturated heterocycles. The first-order chi connectivity index (χ1) is 11.3. The van der Waals surface area contributed by atoms with Crippen molar-refractivity contribution in [3.05, 3.63) is 84.4 Å². The predicted molar refractivity (Wildman–Crippen MR) is 100 cm³/mol. The molecule has 0 aliphatic rings. The van der Waals surface area contributed by atoms with Crippen molar-refractivity contribution in [2.24, 2.45) is 0 Å². The second-order valence-corrected chi connectivity index (χ2v) is 6.00. The van der Waals surface area contributed by atoms with Crippen molar-refractivity contribution in [3.63, 3.8) is 0 Å². The van der Waals surface area contributed by atoms with Gasteiger partial charge in [-0.2, -0.15) is 0 Å². The van der Waals surface area contributed by atoms with E-state index in [0.29, 0.717) is 5.92 Å². The fourth-order valence-electron chi connectivity index (χ4n) is 2.67. The lowest BCUT2D eigenvalue weighted by molar-refractivity contribution is 0.734. The van der Waals surface area contributed by atoms with E-state index in [9.17, 15) is 0 Å². The highest BCUT2D eigenvalue weighted by Gasteiger charge is 2.03. The highest BCUT2D eigenvalue weighted by molar-refractivity contribution is 5.68. The molecular formula is C22H23N. The Labute approximate surface area is 139 Å². The minimum absolute atomic E-state index is 0.626. The maximum absolute atomic E-state index is 3.41. The lowest BCUT2D eigenvalue weighted by Gasteiger charge is -2.11. The third-order valence-electron chi connectivity index (χ3n) is 4.37. The highest BCUT2D eigenvalue weighted by atomic mass is 14.9. The van der Waals surface area contributed by atoms with Gasteiger partial charge in [0.05, 0.1) is 0 Å². The number of hydrogen-bond acceptors (Lipinski definition) is 1. The van der Waals surface area contributed by atoms with Crippen molar-refractivity contribution >= 4 is 11.4 Å². The predicted octanol–water partition coefficient (Wildman–Crippen LogP) is 6.61. The molecule has 3 rings (SSSR count). The number of hydrogen-bond donors (Lipinski definition) is 1. The topological polar surface area (TPSA) is 12.0 Å². The second-order valence-electron chi connectivity index (χ2n) is 6.00. The summed E-state index contributed by atoms with van der Waals surface area (Å²) in [4.78, 5) is 0. The summed E-state index contributed by atoms with van der Waals surface area (Å²) in [5, 5.41) is 3.41. The summed E-state index contributed by atoms with van der Waals surface area (Å²) in [7, 11) is 0. The lowest BCUT2D eigenvalue weighted by atomic mass is 9.96. The van der Waals surface area contributed by atoms with Gasteiger partial charge in [-0.25, -0.2) is 0 Å². The van der Waals surface area contributed by atoms with Crippen molar-refractivity contribution in [3.8, 4) is 11.1 Å². The van der Waals surface area contributed by atoms with Gasteiger partial charge in [-0.05, 0) is 53.3 Å². The Bertz CT molecular complexity index is 727. The first kappa shape index (κ1) is 15.4. The summed E-state index contributed by atoms with van der Waals surface area (Å²) in [6.07, 6.45) is 1.18. The van der Waals surface area contributed by atoms with Gasteiger partial charge in [0, 0.05) is 11.4 Å². The Morgan fingerprint density at radius 1 is 0.696 bits per heavy atom. The van der Waals surface area contributed by atoms with Crippen LogP contribution in [0.15, 0.2) is 78.9 Å². The minimum atomic E-state index is 0.626. The second kappa shape index (κ2) is 7.15. The number of rotatable bonds is 5. The molecule has 1 unspecified atom stereocenters. The van der Waals surface area contributed by atoms with Gasteiger partial charge in [0.2, 0.25) is 0 Å². The average molecular weight is 301 g/mol.